The second-order valence-corrected chi connectivity index (χ2v) is 4.71. The fourth-order valence-corrected chi connectivity index (χ4v) is 2.39. The minimum absolute atomic E-state index is 0.146. The van der Waals surface area contributed by atoms with Gasteiger partial charge in [0.1, 0.15) is 6.61 Å². The van der Waals surface area contributed by atoms with E-state index >= 15 is 0 Å². The molecule has 1 N–H and O–H groups in total. The van der Waals surface area contributed by atoms with Crippen LogP contribution in [0.2, 0.25) is 5.02 Å². The van der Waals surface area contributed by atoms with Crippen molar-refractivity contribution in [3.8, 4) is 16.9 Å². The van der Waals surface area contributed by atoms with Crippen LogP contribution in [0.25, 0.3) is 11.1 Å². The van der Waals surface area contributed by atoms with Crippen molar-refractivity contribution >= 4 is 17.5 Å². The molecule has 1 amide bonds. The molecule has 19 heavy (non-hydrogen) atoms. The zero-order chi connectivity index (χ0) is 13.2. The molecule has 0 radical (unpaired) electrons. The van der Waals surface area contributed by atoms with Gasteiger partial charge in [-0.15, -0.1) is 0 Å². The van der Waals surface area contributed by atoms with E-state index in [2.05, 4.69) is 5.32 Å². The van der Waals surface area contributed by atoms with E-state index in [1.165, 1.54) is 0 Å². The van der Waals surface area contributed by atoms with E-state index in [0.717, 1.165) is 11.1 Å². The van der Waals surface area contributed by atoms with E-state index in [4.69, 9.17) is 16.3 Å². The maximum Gasteiger partial charge on any atom is 0.255 e. The average molecular weight is 274 g/mol. The third-order valence-corrected chi connectivity index (χ3v) is 3.31. The highest BCUT2D eigenvalue weighted by atomic mass is 35.5. The second kappa shape index (κ2) is 4.94. The molecule has 0 bridgehead atoms. The molecule has 0 fully saturated rings. The van der Waals surface area contributed by atoms with Gasteiger partial charge in [-0.25, -0.2) is 0 Å². The first-order valence-electron chi connectivity index (χ1n) is 6.05. The normalized spacial score (nSPS) is 14.1. The monoisotopic (exact) mass is 273 g/mol. The third kappa shape index (κ3) is 2.29. The zero-order valence-corrected chi connectivity index (χ0v) is 10.9. The van der Waals surface area contributed by atoms with Gasteiger partial charge in [-0.05, 0) is 23.3 Å². The lowest BCUT2D eigenvalue weighted by Crippen LogP contribution is -2.24. The summed E-state index contributed by atoms with van der Waals surface area (Å²) in [5.41, 5.74) is 2.41. The van der Waals surface area contributed by atoms with Crippen molar-refractivity contribution < 1.29 is 9.53 Å². The number of benzene rings is 2. The quantitative estimate of drug-likeness (QED) is 0.867. The average Bonchev–Trinajstić information content (AvgIpc) is 2.63. The molecular weight excluding hydrogens is 262 g/mol. The summed E-state index contributed by atoms with van der Waals surface area (Å²) in [6, 6.07) is 13.5. The highest BCUT2D eigenvalue weighted by Crippen LogP contribution is 2.35. The minimum atomic E-state index is -0.146. The van der Waals surface area contributed by atoms with Gasteiger partial charge >= 0.3 is 0 Å². The molecule has 96 valence electrons. The standard InChI is InChI=1S/C15H12ClNO2/c16-13-9-11(10-4-2-1-3-5-10)8-12-14(13)19-7-6-17-15(12)18/h1-5,8-9H,6-7H2,(H,17,18). The summed E-state index contributed by atoms with van der Waals surface area (Å²) < 4.78 is 5.53. The molecule has 1 aliphatic heterocycles. The number of amides is 1. The smallest absolute Gasteiger partial charge is 0.255 e. The molecule has 3 nitrogen and oxygen atoms in total. The first-order chi connectivity index (χ1) is 9.25. The Labute approximate surface area is 116 Å². The topological polar surface area (TPSA) is 38.3 Å². The highest BCUT2D eigenvalue weighted by Gasteiger charge is 2.20. The number of ether oxygens (including phenoxy) is 1. The van der Waals surface area contributed by atoms with E-state index < -0.39 is 0 Å². The molecule has 1 heterocycles. The van der Waals surface area contributed by atoms with Crippen molar-refractivity contribution in [1.29, 1.82) is 0 Å². The highest BCUT2D eigenvalue weighted by molar-refractivity contribution is 6.33. The second-order valence-electron chi connectivity index (χ2n) is 4.31. The minimum Gasteiger partial charge on any atom is -0.489 e. The van der Waals surface area contributed by atoms with Crippen LogP contribution >= 0.6 is 11.6 Å². The predicted octanol–water partition coefficient (Wildman–Crippen LogP) is 3.13. The van der Waals surface area contributed by atoms with Crippen LogP contribution in [0.5, 0.6) is 5.75 Å². The summed E-state index contributed by atoms with van der Waals surface area (Å²) in [4.78, 5) is 12.0. The number of carbonyl (C=O) groups is 1. The molecule has 0 unspecified atom stereocenters. The summed E-state index contributed by atoms with van der Waals surface area (Å²) in [5, 5.41) is 3.25. The lowest BCUT2D eigenvalue weighted by atomic mass is 10.0. The van der Waals surface area contributed by atoms with E-state index in [1.54, 1.807) is 0 Å². The maximum absolute atomic E-state index is 12.0. The van der Waals surface area contributed by atoms with Gasteiger partial charge in [0.2, 0.25) is 0 Å². The molecule has 0 atom stereocenters. The maximum atomic E-state index is 12.0. The van der Waals surface area contributed by atoms with Crippen LogP contribution in [0, 0.1) is 0 Å². The van der Waals surface area contributed by atoms with Crippen molar-refractivity contribution in [2.45, 2.75) is 0 Å². The molecular formula is C15H12ClNO2. The van der Waals surface area contributed by atoms with Gasteiger partial charge in [0.15, 0.2) is 5.75 Å². The first kappa shape index (κ1) is 12.1. The first-order valence-corrected chi connectivity index (χ1v) is 6.43. The van der Waals surface area contributed by atoms with Crippen LogP contribution in [0.1, 0.15) is 10.4 Å². The number of hydrogen-bond donors (Lipinski definition) is 1. The number of hydrogen-bond acceptors (Lipinski definition) is 2. The van der Waals surface area contributed by atoms with Gasteiger partial charge < -0.3 is 10.1 Å². The van der Waals surface area contributed by atoms with Crippen molar-refractivity contribution in [3.05, 3.63) is 53.1 Å². The van der Waals surface area contributed by atoms with E-state index in [9.17, 15) is 4.79 Å². The SMILES string of the molecule is O=C1NCCOc2c(Cl)cc(-c3ccccc3)cc21. The Kier molecular flexibility index (Phi) is 3.13. The van der Waals surface area contributed by atoms with Crippen LogP contribution in [-0.4, -0.2) is 19.1 Å². The van der Waals surface area contributed by atoms with Gasteiger partial charge in [0.05, 0.1) is 17.1 Å². The number of carbonyl (C=O) groups excluding carboxylic acids is 1. The fraction of sp³-hybridized carbons (Fsp3) is 0.133. The molecule has 2 aromatic rings. The molecule has 0 spiro atoms. The van der Waals surface area contributed by atoms with Gasteiger partial charge in [0, 0.05) is 0 Å². The Hall–Kier alpha value is -2.00. The number of halogens is 1. The summed E-state index contributed by atoms with van der Waals surface area (Å²) in [6.07, 6.45) is 0. The third-order valence-electron chi connectivity index (χ3n) is 3.03. The molecule has 4 heteroatoms. The van der Waals surface area contributed by atoms with Crippen molar-refractivity contribution in [1.82, 2.24) is 5.32 Å². The Bertz CT molecular complexity index is 626. The molecule has 0 aromatic heterocycles. The van der Waals surface area contributed by atoms with Crippen LogP contribution in [0.15, 0.2) is 42.5 Å². The summed E-state index contributed by atoms with van der Waals surface area (Å²) in [6.45, 7) is 0.924. The van der Waals surface area contributed by atoms with Crippen molar-refractivity contribution in [2.24, 2.45) is 0 Å². The fourth-order valence-electron chi connectivity index (χ4n) is 2.12. The number of rotatable bonds is 1. The van der Waals surface area contributed by atoms with E-state index in [-0.39, 0.29) is 5.91 Å². The van der Waals surface area contributed by atoms with Gasteiger partial charge in [-0.3, -0.25) is 4.79 Å². The van der Waals surface area contributed by atoms with E-state index in [1.807, 2.05) is 42.5 Å². The Morgan fingerprint density at radius 2 is 1.89 bits per heavy atom. The predicted molar refractivity (Wildman–Crippen MR) is 74.7 cm³/mol. The van der Waals surface area contributed by atoms with E-state index in [0.29, 0.717) is 29.5 Å². The van der Waals surface area contributed by atoms with Crippen molar-refractivity contribution in [3.63, 3.8) is 0 Å². The molecule has 0 aliphatic carbocycles. The summed E-state index contributed by atoms with van der Waals surface area (Å²) in [7, 11) is 0. The lowest BCUT2D eigenvalue weighted by molar-refractivity contribution is 0.0957. The Morgan fingerprint density at radius 3 is 2.68 bits per heavy atom. The molecule has 2 aromatic carbocycles. The van der Waals surface area contributed by atoms with Crippen LogP contribution in [0.4, 0.5) is 0 Å². The van der Waals surface area contributed by atoms with Gasteiger partial charge in [-0.1, -0.05) is 41.9 Å². The lowest BCUT2D eigenvalue weighted by Gasteiger charge is -2.10. The van der Waals surface area contributed by atoms with Crippen molar-refractivity contribution in [2.75, 3.05) is 13.2 Å². The molecule has 3 rings (SSSR count). The van der Waals surface area contributed by atoms with Gasteiger partial charge in [0.25, 0.3) is 5.91 Å². The van der Waals surface area contributed by atoms with Crippen LogP contribution < -0.4 is 10.1 Å². The zero-order valence-electron chi connectivity index (χ0n) is 10.2. The van der Waals surface area contributed by atoms with Gasteiger partial charge in [-0.2, -0.15) is 0 Å². The molecule has 0 saturated heterocycles. The Balaban J connectivity index is 2.15. The molecule has 0 saturated carbocycles. The molecule has 1 aliphatic rings. The summed E-state index contributed by atoms with van der Waals surface area (Å²) in [5.74, 6) is 0.323. The number of fused-ring (bicyclic) bond motifs is 1. The summed E-state index contributed by atoms with van der Waals surface area (Å²) >= 11 is 6.23. The van der Waals surface area contributed by atoms with Crippen LogP contribution in [-0.2, 0) is 0 Å². The Morgan fingerprint density at radius 1 is 1.11 bits per heavy atom. The number of nitrogens with one attached hydrogen (secondary N) is 1. The largest absolute Gasteiger partial charge is 0.489 e. The van der Waals surface area contributed by atoms with Crippen LogP contribution in [0.3, 0.4) is 0 Å².